The lowest BCUT2D eigenvalue weighted by molar-refractivity contribution is -0.120. The van der Waals surface area contributed by atoms with Gasteiger partial charge in [-0.1, -0.05) is 36.7 Å². The zero-order valence-corrected chi connectivity index (χ0v) is 17.7. The second-order valence-electron chi connectivity index (χ2n) is 7.40. The van der Waals surface area contributed by atoms with Gasteiger partial charge in [0, 0.05) is 11.7 Å². The number of rotatable bonds is 7. The summed E-state index contributed by atoms with van der Waals surface area (Å²) >= 11 is 1.51. The van der Waals surface area contributed by atoms with Crippen molar-refractivity contribution in [3.05, 3.63) is 48.5 Å². The van der Waals surface area contributed by atoms with Gasteiger partial charge in [-0.2, -0.15) is 0 Å². The molecule has 1 saturated carbocycles. The molecule has 2 aromatic carbocycles. The Kier molecular flexibility index (Phi) is 6.09. The minimum atomic E-state index is -0.214. The summed E-state index contributed by atoms with van der Waals surface area (Å²) in [7, 11) is 0. The average Bonchev–Trinajstić information content (AvgIpc) is 3.36. The molecular formula is C23H27N3O2S. The number of ether oxygens (including phenoxy) is 1. The maximum atomic E-state index is 12.7. The van der Waals surface area contributed by atoms with Crippen molar-refractivity contribution >= 4 is 28.7 Å². The third-order valence-electron chi connectivity index (χ3n) is 5.29. The summed E-state index contributed by atoms with van der Waals surface area (Å²) in [5, 5.41) is 3.81. The standard InChI is InChI=1S/C23H27N3O2S/c1-3-28-19-14-12-18(13-15-19)26-21-11-7-6-10-20(21)25-23(26)29-16(2)22(27)24-17-8-4-5-9-17/h6-7,10-17H,3-5,8-9H2,1-2H3,(H,24,27)/t16-/m1/s1. The van der Waals surface area contributed by atoms with E-state index in [1.165, 1.54) is 24.6 Å². The Morgan fingerprint density at radius 2 is 1.93 bits per heavy atom. The summed E-state index contributed by atoms with van der Waals surface area (Å²) in [4.78, 5) is 17.5. The molecule has 0 unspecified atom stereocenters. The molecule has 0 bridgehead atoms. The Morgan fingerprint density at radius 1 is 1.21 bits per heavy atom. The molecule has 1 aliphatic rings. The summed E-state index contributed by atoms with van der Waals surface area (Å²) in [6, 6.07) is 16.4. The van der Waals surface area contributed by atoms with Crippen LogP contribution in [-0.2, 0) is 4.79 Å². The summed E-state index contributed by atoms with van der Waals surface area (Å²) in [6.07, 6.45) is 4.60. The molecule has 0 saturated heterocycles. The van der Waals surface area contributed by atoms with Gasteiger partial charge in [-0.3, -0.25) is 9.36 Å². The van der Waals surface area contributed by atoms with Crippen LogP contribution in [0.4, 0.5) is 0 Å². The van der Waals surface area contributed by atoms with Gasteiger partial charge >= 0.3 is 0 Å². The lowest BCUT2D eigenvalue weighted by Crippen LogP contribution is -2.37. The number of nitrogens with zero attached hydrogens (tertiary/aromatic N) is 2. The van der Waals surface area contributed by atoms with Crippen LogP contribution in [0, 0.1) is 0 Å². The first-order valence-corrected chi connectivity index (χ1v) is 11.2. The monoisotopic (exact) mass is 409 g/mol. The molecule has 1 atom stereocenters. The summed E-state index contributed by atoms with van der Waals surface area (Å²) in [5.41, 5.74) is 2.96. The van der Waals surface area contributed by atoms with Gasteiger partial charge in [0.25, 0.3) is 0 Å². The number of aromatic nitrogens is 2. The predicted molar refractivity (Wildman–Crippen MR) is 118 cm³/mol. The molecule has 4 rings (SSSR count). The molecule has 5 nitrogen and oxygen atoms in total. The number of nitrogens with one attached hydrogen (secondary N) is 1. The van der Waals surface area contributed by atoms with Gasteiger partial charge in [0.15, 0.2) is 5.16 Å². The van der Waals surface area contributed by atoms with Crippen molar-refractivity contribution in [3.63, 3.8) is 0 Å². The van der Waals surface area contributed by atoms with Gasteiger partial charge in [-0.05, 0) is 63.1 Å². The SMILES string of the molecule is CCOc1ccc(-n2c(S[C@H](C)C(=O)NC3CCCC3)nc3ccccc32)cc1. The summed E-state index contributed by atoms with van der Waals surface area (Å²) < 4.78 is 7.69. The number of fused-ring (bicyclic) bond motifs is 1. The molecule has 3 aromatic rings. The van der Waals surface area contributed by atoms with Crippen LogP contribution in [0.2, 0.25) is 0 Å². The summed E-state index contributed by atoms with van der Waals surface area (Å²) in [5.74, 6) is 0.936. The lowest BCUT2D eigenvalue weighted by Gasteiger charge is -2.17. The number of carbonyl (C=O) groups is 1. The molecule has 6 heteroatoms. The highest BCUT2D eigenvalue weighted by atomic mass is 32.2. The zero-order chi connectivity index (χ0) is 20.2. The first-order chi connectivity index (χ1) is 14.2. The second kappa shape index (κ2) is 8.91. The number of benzene rings is 2. The highest BCUT2D eigenvalue weighted by Crippen LogP contribution is 2.31. The van der Waals surface area contributed by atoms with E-state index in [2.05, 4.69) is 16.0 Å². The molecule has 29 heavy (non-hydrogen) atoms. The van der Waals surface area contributed by atoms with Gasteiger partial charge in [-0.25, -0.2) is 4.98 Å². The van der Waals surface area contributed by atoms with E-state index in [1.807, 2.05) is 56.3 Å². The van der Waals surface area contributed by atoms with E-state index in [0.717, 1.165) is 40.5 Å². The third-order valence-corrected chi connectivity index (χ3v) is 6.34. The highest BCUT2D eigenvalue weighted by molar-refractivity contribution is 8.00. The predicted octanol–water partition coefficient (Wildman–Crippen LogP) is 4.96. The highest BCUT2D eigenvalue weighted by Gasteiger charge is 2.23. The molecule has 1 heterocycles. The van der Waals surface area contributed by atoms with Gasteiger partial charge in [0.2, 0.25) is 5.91 Å². The maximum Gasteiger partial charge on any atom is 0.233 e. The molecule has 1 aliphatic carbocycles. The van der Waals surface area contributed by atoms with E-state index in [0.29, 0.717) is 12.6 Å². The molecular weight excluding hydrogens is 382 g/mol. The number of amides is 1. The number of thioether (sulfide) groups is 1. The second-order valence-corrected chi connectivity index (χ2v) is 8.70. The van der Waals surface area contributed by atoms with Crippen LogP contribution >= 0.6 is 11.8 Å². The van der Waals surface area contributed by atoms with Crippen molar-refractivity contribution < 1.29 is 9.53 Å². The van der Waals surface area contributed by atoms with Crippen molar-refractivity contribution in [1.82, 2.24) is 14.9 Å². The smallest absolute Gasteiger partial charge is 0.233 e. The van der Waals surface area contributed by atoms with Gasteiger partial charge in [0.1, 0.15) is 5.75 Å². The lowest BCUT2D eigenvalue weighted by atomic mass is 10.2. The van der Waals surface area contributed by atoms with Crippen molar-refractivity contribution in [2.24, 2.45) is 0 Å². The Hall–Kier alpha value is -2.47. The van der Waals surface area contributed by atoms with Crippen molar-refractivity contribution in [2.45, 2.75) is 56.0 Å². The molecule has 0 spiro atoms. The van der Waals surface area contributed by atoms with Crippen LogP contribution in [0.5, 0.6) is 5.75 Å². The van der Waals surface area contributed by atoms with Crippen LogP contribution in [0.3, 0.4) is 0 Å². The molecule has 0 radical (unpaired) electrons. The molecule has 1 amide bonds. The number of carbonyl (C=O) groups excluding carboxylic acids is 1. The van der Waals surface area contributed by atoms with Crippen LogP contribution in [0.25, 0.3) is 16.7 Å². The quantitative estimate of drug-likeness (QED) is 0.560. The first-order valence-electron chi connectivity index (χ1n) is 10.3. The van der Waals surface area contributed by atoms with Crippen LogP contribution < -0.4 is 10.1 Å². The topological polar surface area (TPSA) is 56.1 Å². The van der Waals surface area contributed by atoms with Crippen LogP contribution in [0.15, 0.2) is 53.7 Å². The van der Waals surface area contributed by atoms with Gasteiger partial charge < -0.3 is 10.1 Å². The largest absolute Gasteiger partial charge is 0.494 e. The van der Waals surface area contributed by atoms with E-state index in [9.17, 15) is 4.79 Å². The van der Waals surface area contributed by atoms with E-state index < -0.39 is 0 Å². The first kappa shape index (κ1) is 19.8. The van der Waals surface area contributed by atoms with E-state index in [1.54, 1.807) is 0 Å². The van der Waals surface area contributed by atoms with Crippen molar-refractivity contribution in [1.29, 1.82) is 0 Å². The van der Waals surface area contributed by atoms with Crippen LogP contribution in [-0.4, -0.2) is 33.4 Å². The molecule has 0 aliphatic heterocycles. The maximum absolute atomic E-state index is 12.7. The minimum Gasteiger partial charge on any atom is -0.494 e. The Balaban J connectivity index is 1.61. The van der Waals surface area contributed by atoms with Gasteiger partial charge in [-0.15, -0.1) is 0 Å². The fraction of sp³-hybridized carbons (Fsp3) is 0.391. The van der Waals surface area contributed by atoms with Crippen LogP contribution in [0.1, 0.15) is 39.5 Å². The third kappa shape index (κ3) is 4.42. The van der Waals surface area contributed by atoms with E-state index >= 15 is 0 Å². The number of hydrogen-bond donors (Lipinski definition) is 1. The average molecular weight is 410 g/mol. The number of imidazole rings is 1. The fourth-order valence-electron chi connectivity index (χ4n) is 3.79. The van der Waals surface area contributed by atoms with Gasteiger partial charge in [0.05, 0.1) is 22.9 Å². The zero-order valence-electron chi connectivity index (χ0n) is 16.9. The van der Waals surface area contributed by atoms with E-state index in [-0.39, 0.29) is 11.2 Å². The molecule has 1 N–H and O–H groups in total. The number of hydrogen-bond acceptors (Lipinski definition) is 4. The molecule has 1 aromatic heterocycles. The molecule has 1 fully saturated rings. The fourth-order valence-corrected chi connectivity index (χ4v) is 4.74. The number of para-hydroxylation sites is 2. The summed E-state index contributed by atoms with van der Waals surface area (Å²) in [6.45, 7) is 4.57. The minimum absolute atomic E-state index is 0.0900. The Morgan fingerprint density at radius 3 is 2.66 bits per heavy atom. The van der Waals surface area contributed by atoms with E-state index in [4.69, 9.17) is 9.72 Å². The Bertz CT molecular complexity index is 977. The normalized spacial score (nSPS) is 15.5. The van der Waals surface area contributed by atoms with Crippen molar-refractivity contribution in [2.75, 3.05) is 6.61 Å². The van der Waals surface area contributed by atoms with Crippen molar-refractivity contribution in [3.8, 4) is 11.4 Å². The molecule has 152 valence electrons. The Labute approximate surface area is 175 Å².